The lowest BCUT2D eigenvalue weighted by atomic mass is 9.93. The fraction of sp³-hybridized carbons (Fsp3) is 0.386. The van der Waals surface area contributed by atoms with Crippen LogP contribution >= 0.6 is 0 Å². The average Bonchev–Trinajstić information content (AvgIpc) is 1.62. The summed E-state index contributed by atoms with van der Waals surface area (Å²) in [5, 5.41) is 55.2. The van der Waals surface area contributed by atoms with Gasteiger partial charge in [-0.25, -0.2) is 29.3 Å². The fourth-order valence-electron chi connectivity index (χ4n) is 12.5. The van der Waals surface area contributed by atoms with E-state index < -0.39 is 22.8 Å². The number of nitrogen functional groups attached to an aromatic ring is 1. The second-order valence-electron chi connectivity index (χ2n) is 29.0. The van der Waals surface area contributed by atoms with Crippen LogP contribution in [0.3, 0.4) is 0 Å². The predicted octanol–water partition coefficient (Wildman–Crippen LogP) is 12.9. The molecule has 13 N–H and O–H groups in total. The largest absolute Gasteiger partial charge is 0.497 e. The van der Waals surface area contributed by atoms with Gasteiger partial charge >= 0.3 is 6.18 Å². The number of rotatable bonds is 34. The third kappa shape index (κ3) is 23.8. The van der Waals surface area contributed by atoms with Crippen LogP contribution < -0.4 is 62.5 Å². The highest BCUT2D eigenvalue weighted by atomic mass is 19.4. The first-order chi connectivity index (χ1) is 57.4. The van der Waals surface area contributed by atoms with Crippen LogP contribution in [-0.4, -0.2) is 199 Å². The Hall–Kier alpha value is -12.2. The minimum atomic E-state index is -4.38. The van der Waals surface area contributed by atoms with E-state index in [2.05, 4.69) is 97.4 Å². The van der Waals surface area contributed by atoms with Crippen LogP contribution in [0.5, 0.6) is 17.2 Å². The molecule has 32 nitrogen and oxygen atoms in total. The Kier molecular flexibility index (Phi) is 30.4. The molecule has 0 aliphatic heterocycles. The molecule has 632 valence electrons. The van der Waals surface area contributed by atoms with Gasteiger partial charge in [-0.15, -0.1) is 0 Å². The number of aliphatic hydroxyl groups excluding tert-OH is 3. The summed E-state index contributed by atoms with van der Waals surface area (Å²) in [6, 6.07) is 34.5. The second-order valence-corrected chi connectivity index (χ2v) is 29.0. The van der Waals surface area contributed by atoms with E-state index in [1.165, 1.54) is 30.6 Å². The van der Waals surface area contributed by atoms with E-state index in [1.54, 1.807) is 52.4 Å². The molecular formula is C83H104F4N24O8. The molecule has 5 aromatic carbocycles. The van der Waals surface area contributed by atoms with Gasteiger partial charge in [-0.1, -0.05) is 18.2 Å². The molecule has 8 aromatic heterocycles. The van der Waals surface area contributed by atoms with Crippen molar-refractivity contribution in [3.63, 3.8) is 0 Å². The van der Waals surface area contributed by atoms with E-state index in [4.69, 9.17) is 29.4 Å². The normalized spacial score (nSPS) is 13.6. The number of nitrogens with two attached hydrogens (primary N) is 1. The van der Waals surface area contributed by atoms with E-state index in [9.17, 15) is 32.9 Å². The highest BCUT2D eigenvalue weighted by Crippen LogP contribution is 2.38. The number of fused-ring (bicyclic) bond motifs is 4. The maximum absolute atomic E-state index is 13.5. The number of nitrogens with one attached hydrogen (secondary N) is 8. The van der Waals surface area contributed by atoms with Crippen LogP contribution in [0.2, 0.25) is 0 Å². The minimum absolute atomic E-state index is 0.0481. The number of halogens is 4. The van der Waals surface area contributed by atoms with Crippen molar-refractivity contribution >= 4 is 103 Å². The number of methoxy groups -OCH3 is 3. The molecule has 0 radical (unpaired) electrons. The molecule has 14 rings (SSSR count). The van der Waals surface area contributed by atoms with Crippen molar-refractivity contribution in [1.29, 1.82) is 0 Å². The summed E-state index contributed by atoms with van der Waals surface area (Å²) >= 11 is 0. The van der Waals surface area contributed by atoms with Crippen molar-refractivity contribution in [2.45, 2.75) is 123 Å². The number of aromatic nitrogens is 15. The summed E-state index contributed by atoms with van der Waals surface area (Å²) in [7, 11) is 5.02. The zero-order valence-electron chi connectivity index (χ0n) is 68.3. The van der Waals surface area contributed by atoms with Gasteiger partial charge in [0.15, 0.2) is 56.6 Å². The van der Waals surface area contributed by atoms with Crippen LogP contribution in [-0.2, 0) is 35.3 Å². The number of benzene rings is 5. The van der Waals surface area contributed by atoms with Crippen LogP contribution in [0.25, 0.3) is 61.3 Å². The zero-order valence-corrected chi connectivity index (χ0v) is 68.3. The topological polar surface area (TPSA) is 391 Å². The molecule has 0 saturated heterocycles. The number of hydrogen-bond acceptors (Lipinski definition) is 28. The number of alkyl halides is 3. The van der Waals surface area contributed by atoms with Crippen molar-refractivity contribution < 1.29 is 56.6 Å². The molecule has 0 amide bonds. The zero-order chi connectivity index (χ0) is 84.6. The molecule has 119 heavy (non-hydrogen) atoms. The van der Waals surface area contributed by atoms with Gasteiger partial charge in [0.25, 0.3) is 0 Å². The van der Waals surface area contributed by atoms with Crippen molar-refractivity contribution in [3.05, 3.63) is 164 Å². The molecule has 0 atom stereocenters. The van der Waals surface area contributed by atoms with Crippen LogP contribution in [0.1, 0.15) is 79.7 Å². The summed E-state index contributed by atoms with van der Waals surface area (Å²) in [6.45, 7) is 21.1. The van der Waals surface area contributed by atoms with E-state index in [0.717, 1.165) is 127 Å². The first-order valence-electron chi connectivity index (χ1n) is 39.2. The average molecular weight is 1640 g/mol. The van der Waals surface area contributed by atoms with Gasteiger partial charge in [0.05, 0.1) is 80.7 Å². The molecule has 8 heterocycles. The number of aliphatic hydroxyl groups is 3. The lowest BCUT2D eigenvalue weighted by molar-refractivity contribution is -0.137. The van der Waals surface area contributed by atoms with E-state index in [-0.39, 0.29) is 31.2 Å². The predicted molar refractivity (Wildman–Crippen MR) is 454 cm³/mol. The van der Waals surface area contributed by atoms with Gasteiger partial charge in [-0.3, -0.25) is 0 Å². The summed E-state index contributed by atoms with van der Waals surface area (Å²) < 4.78 is 86.6. The number of anilines is 10. The molecular weight excluding hydrogens is 1540 g/mol. The lowest BCUT2D eigenvalue weighted by Gasteiger charge is -2.26. The Morgan fingerprint density at radius 1 is 0.513 bits per heavy atom. The second kappa shape index (κ2) is 41.3. The van der Waals surface area contributed by atoms with Gasteiger partial charge < -0.3 is 106 Å². The van der Waals surface area contributed by atoms with Crippen molar-refractivity contribution in [1.82, 2.24) is 83.7 Å². The molecule has 0 unspecified atom stereocenters. The maximum Gasteiger partial charge on any atom is 0.416 e. The molecule has 1 fully saturated rings. The Labute approximate surface area is 686 Å². The number of imidazole rings is 3. The highest BCUT2D eigenvalue weighted by molar-refractivity contribution is 6.01. The van der Waals surface area contributed by atoms with Gasteiger partial charge in [0.2, 0.25) is 17.8 Å². The van der Waals surface area contributed by atoms with Crippen LogP contribution in [0, 0.1) is 5.82 Å². The standard InChI is InChI=1S/C24H27N5O3.C22H33N7O3.C20H23F3N6O.C17H21FN6O/c1-30-12-10-26-11-13-32-19-8-6-18(7-9-19)29-15-21(17-4-3-5-20(14-17)31-2)22-23(25)27-16-28-24(22)29;1-5-29-15-24-18-19(26-21(27-20(18)29)28-22(2,3)14-30)25-16-6-8-17(9-7-16)32-13-11-23-10-12-31-4;1-2-29-11-24-16-17(25-13-5-3-12(4-6-13)20(21,22)23)27-19(28-18(16)29)26-14-7-9-15(30)10-8-14;1-4-24-10-19-13-14(20-12-7-5-6-11(18)8-12)21-16(22-15(13)24)23-17(2,3)9-25/h3-9,14-16,26H,10-13H2,1-2H3,(H2,25,27,28);6-9,15,23,30H,5,10-14H2,1-4H3,(H2,25,26,27,28);3-6,11,14-15,30H,2,7-10H2,1H3,(H2,25,26,27,28);5-8,10,25H,4,9H2,1-3H3,(H2,20,21,22,23). The number of hydrogen-bond donors (Lipinski definition) is 12. The van der Waals surface area contributed by atoms with Crippen molar-refractivity contribution in [2.24, 2.45) is 0 Å². The van der Waals surface area contributed by atoms with Gasteiger partial charge in [-0.2, -0.15) is 43.1 Å². The third-order valence-corrected chi connectivity index (χ3v) is 19.0. The maximum atomic E-state index is 13.5. The monoisotopic (exact) mass is 1640 g/mol. The van der Waals surface area contributed by atoms with Gasteiger partial charge in [0, 0.05) is 101 Å². The summed E-state index contributed by atoms with van der Waals surface area (Å²) in [6.07, 6.45) is 7.06. The number of ether oxygens (including phenoxy) is 5. The minimum Gasteiger partial charge on any atom is -0.497 e. The van der Waals surface area contributed by atoms with E-state index >= 15 is 0 Å². The summed E-state index contributed by atoms with van der Waals surface area (Å²) in [5.41, 5.74) is 13.8. The van der Waals surface area contributed by atoms with E-state index in [0.29, 0.717) is 120 Å². The van der Waals surface area contributed by atoms with Gasteiger partial charge in [-0.05, 0) is 183 Å². The molecule has 0 spiro atoms. The number of aryl methyl sites for hydroxylation is 3. The molecule has 1 saturated carbocycles. The molecule has 13 aromatic rings. The third-order valence-electron chi connectivity index (χ3n) is 19.0. The molecule has 1 aliphatic rings. The van der Waals surface area contributed by atoms with Crippen molar-refractivity contribution in [3.8, 4) is 34.1 Å². The van der Waals surface area contributed by atoms with Crippen molar-refractivity contribution in [2.75, 3.05) is 125 Å². The van der Waals surface area contributed by atoms with Crippen LogP contribution in [0.15, 0.2) is 153 Å². The van der Waals surface area contributed by atoms with Gasteiger partial charge in [0.1, 0.15) is 48.4 Å². The summed E-state index contributed by atoms with van der Waals surface area (Å²) in [5.74, 6) is 5.17. The quantitative estimate of drug-likeness (QED) is 0.0132. The molecule has 0 bridgehead atoms. The van der Waals surface area contributed by atoms with Crippen LogP contribution in [0.4, 0.5) is 75.7 Å². The highest BCUT2D eigenvalue weighted by Gasteiger charge is 2.31. The SMILES string of the molecule is CCn1cnc2c(Nc3ccc(C(F)(F)F)cc3)nc(NC3CCC(O)CC3)nc21.CCn1cnc2c(Nc3ccc(OCCNCCOC)cc3)nc(NC(C)(C)CO)nc21.CCn1cnc2c(Nc3cccc(F)c3)nc(NC(C)(C)CO)nc21.COCCNCCOc1ccc(-n2cc(-c3cccc(OC)c3)c3c(N)ncnc32)cc1. The Morgan fingerprint density at radius 2 is 0.983 bits per heavy atom. The lowest BCUT2D eigenvalue weighted by Crippen LogP contribution is -2.35. The smallest absolute Gasteiger partial charge is 0.416 e. The number of nitrogens with zero attached hydrogens (tertiary/aromatic N) is 15. The summed E-state index contributed by atoms with van der Waals surface area (Å²) in [4.78, 5) is 49.3. The fourth-order valence-corrected chi connectivity index (χ4v) is 12.5. The first kappa shape index (κ1) is 87.6. The Morgan fingerprint density at radius 3 is 1.46 bits per heavy atom. The molecule has 36 heteroatoms. The Balaban J connectivity index is 0.000000156. The molecule has 1 aliphatic carbocycles. The first-order valence-corrected chi connectivity index (χ1v) is 39.2. The Bertz CT molecular complexity index is 5390. The van der Waals surface area contributed by atoms with E-state index in [1.807, 2.05) is 146 Å².